The number of carbonyl (C=O) groups excluding carboxylic acids is 2. The van der Waals surface area contributed by atoms with Crippen molar-refractivity contribution < 1.29 is 27.1 Å². The summed E-state index contributed by atoms with van der Waals surface area (Å²) in [5.41, 5.74) is 1.09. The summed E-state index contributed by atoms with van der Waals surface area (Å²) in [5.74, 6) is -1.40. The smallest absolute Gasteiger partial charge is 0.256 e. The zero-order valence-electron chi connectivity index (χ0n) is 26.4. The van der Waals surface area contributed by atoms with Crippen LogP contribution in [0.2, 0.25) is 0 Å². The van der Waals surface area contributed by atoms with E-state index < -0.39 is 46.2 Å². The number of likely N-dealkylation sites (tertiary alicyclic amines) is 1. The molecule has 13 heteroatoms. The molecule has 4 heterocycles. The molecule has 2 aliphatic carbocycles. The number of fused-ring (bicyclic) bond motifs is 2. The number of morpholine rings is 1. The first-order valence-electron chi connectivity index (χ1n) is 16.9. The Bertz CT molecular complexity index is 1450. The van der Waals surface area contributed by atoms with Crippen LogP contribution in [0, 0.1) is 12.8 Å². The summed E-state index contributed by atoms with van der Waals surface area (Å²) >= 11 is 6.61. The highest BCUT2D eigenvalue weighted by Crippen LogP contribution is 2.47. The average Bonchev–Trinajstić information content (AvgIpc) is 3.56. The van der Waals surface area contributed by atoms with Crippen LogP contribution in [0.25, 0.3) is 0 Å². The second-order valence-corrected chi connectivity index (χ2v) is 16.4. The van der Waals surface area contributed by atoms with Crippen molar-refractivity contribution in [2.24, 2.45) is 5.92 Å². The molecule has 0 aromatic heterocycles. The Labute approximate surface area is 276 Å². The van der Waals surface area contributed by atoms with Gasteiger partial charge in [0.25, 0.3) is 5.91 Å². The summed E-state index contributed by atoms with van der Waals surface area (Å²) in [5, 5.41) is 2.90. The van der Waals surface area contributed by atoms with Crippen molar-refractivity contribution in [2.45, 2.75) is 92.2 Å². The highest BCUT2D eigenvalue weighted by molar-refractivity contribution is 7.89. The molecule has 8 unspecified atom stereocenters. The van der Waals surface area contributed by atoms with Crippen LogP contribution in [-0.4, -0.2) is 133 Å². The average molecular weight is 678 g/mol. The van der Waals surface area contributed by atoms with Crippen LogP contribution in [0.15, 0.2) is 40.9 Å². The second kappa shape index (κ2) is 13.1. The number of aryl methyl sites for hydroxylation is 1. The van der Waals surface area contributed by atoms with E-state index in [4.69, 9.17) is 16.3 Å². The Balaban J connectivity index is 1.11. The molecule has 0 bridgehead atoms. The van der Waals surface area contributed by atoms with Crippen LogP contribution in [0.4, 0.5) is 4.39 Å². The van der Waals surface area contributed by atoms with E-state index in [2.05, 4.69) is 15.1 Å². The molecular formula is C33H45ClFN5O5S. The van der Waals surface area contributed by atoms with Gasteiger partial charge >= 0.3 is 0 Å². The second-order valence-electron chi connectivity index (χ2n) is 13.9. The Kier molecular flexibility index (Phi) is 9.23. The van der Waals surface area contributed by atoms with E-state index in [0.717, 1.165) is 50.9 Å². The number of rotatable bonds is 7. The molecule has 0 radical (unpaired) electrons. The predicted molar refractivity (Wildman–Crippen MR) is 172 cm³/mol. The molecule has 4 aliphatic heterocycles. The summed E-state index contributed by atoms with van der Waals surface area (Å²) in [6.07, 6.45) is 4.01. The number of halogens is 2. The maximum absolute atomic E-state index is 16.4. The first kappa shape index (κ1) is 32.5. The largest absolute Gasteiger partial charge is 0.369 e. The van der Waals surface area contributed by atoms with Crippen molar-refractivity contribution in [2.75, 3.05) is 52.4 Å². The van der Waals surface area contributed by atoms with Gasteiger partial charge in [-0.15, -0.1) is 11.6 Å². The van der Waals surface area contributed by atoms with Crippen LogP contribution in [-0.2, 0) is 24.3 Å². The third-order valence-electron chi connectivity index (χ3n) is 11.1. The van der Waals surface area contributed by atoms with Gasteiger partial charge in [0.05, 0.1) is 40.8 Å². The molecule has 1 N–H and O–H groups in total. The maximum Gasteiger partial charge on any atom is 0.256 e. The SMILES string of the molecule is Cc1ccc(S(=O)(=O)N2CCN(C3C(F)CC4C(=O)C(C(=O)NCCN5CCCC5)=CN5C6CCC(Cl)CC6OC3C45)CC2)cc1. The monoisotopic (exact) mass is 677 g/mol. The molecule has 3 saturated heterocycles. The van der Waals surface area contributed by atoms with Gasteiger partial charge in [0.1, 0.15) is 6.17 Å². The lowest BCUT2D eigenvalue weighted by Crippen LogP contribution is -2.74. The van der Waals surface area contributed by atoms with Crippen molar-refractivity contribution in [1.29, 1.82) is 0 Å². The number of nitrogens with one attached hydrogen (secondary N) is 1. The van der Waals surface area contributed by atoms with Gasteiger partial charge in [-0.05, 0) is 70.7 Å². The van der Waals surface area contributed by atoms with E-state index in [1.807, 2.05) is 11.8 Å². The molecule has 1 aromatic rings. The molecular weight excluding hydrogens is 633 g/mol. The Morgan fingerprint density at radius 1 is 1.02 bits per heavy atom. The molecule has 46 heavy (non-hydrogen) atoms. The number of hydrogen-bond acceptors (Lipinski definition) is 8. The van der Waals surface area contributed by atoms with Crippen molar-refractivity contribution in [1.82, 2.24) is 24.3 Å². The first-order valence-corrected chi connectivity index (χ1v) is 18.8. The number of carbonyl (C=O) groups is 2. The number of alkyl halides is 2. The summed E-state index contributed by atoms with van der Waals surface area (Å²) in [4.78, 5) is 34.0. The quantitative estimate of drug-likeness (QED) is 0.347. The topological polar surface area (TPSA) is 102 Å². The molecule has 5 fully saturated rings. The van der Waals surface area contributed by atoms with E-state index >= 15 is 4.39 Å². The summed E-state index contributed by atoms with van der Waals surface area (Å²) < 4.78 is 51.4. The minimum Gasteiger partial charge on any atom is -0.369 e. The van der Waals surface area contributed by atoms with E-state index in [1.54, 1.807) is 30.5 Å². The summed E-state index contributed by atoms with van der Waals surface area (Å²) in [7, 11) is -3.67. The van der Waals surface area contributed by atoms with E-state index in [-0.39, 0.29) is 53.3 Å². The molecule has 0 spiro atoms. The minimum absolute atomic E-state index is 0.000319. The Morgan fingerprint density at radius 2 is 1.74 bits per heavy atom. The minimum atomic E-state index is -3.67. The number of benzene rings is 1. The third kappa shape index (κ3) is 6.02. The van der Waals surface area contributed by atoms with E-state index in [1.165, 1.54) is 4.31 Å². The molecule has 1 amide bonds. The number of hydrogen-bond donors (Lipinski definition) is 1. The highest BCUT2D eigenvalue weighted by Gasteiger charge is 2.60. The molecule has 6 aliphatic rings. The lowest BCUT2D eigenvalue weighted by Gasteiger charge is -2.60. The molecule has 2 saturated carbocycles. The zero-order chi connectivity index (χ0) is 32.2. The zero-order valence-corrected chi connectivity index (χ0v) is 28.0. The summed E-state index contributed by atoms with van der Waals surface area (Å²) in [6, 6.07) is 5.74. The maximum atomic E-state index is 16.4. The highest BCUT2D eigenvalue weighted by atomic mass is 35.5. The third-order valence-corrected chi connectivity index (χ3v) is 13.4. The molecule has 1 aromatic carbocycles. The fourth-order valence-electron chi connectivity index (χ4n) is 8.67. The van der Waals surface area contributed by atoms with Gasteiger partial charge in [-0.2, -0.15) is 4.31 Å². The van der Waals surface area contributed by atoms with E-state index in [9.17, 15) is 18.0 Å². The van der Waals surface area contributed by atoms with Gasteiger partial charge in [0.15, 0.2) is 5.78 Å². The van der Waals surface area contributed by atoms with Crippen molar-refractivity contribution >= 4 is 33.3 Å². The van der Waals surface area contributed by atoms with Gasteiger partial charge in [-0.3, -0.25) is 14.5 Å². The van der Waals surface area contributed by atoms with Crippen LogP contribution in [0.3, 0.4) is 0 Å². The first-order chi connectivity index (χ1) is 22.1. The number of Topliss-reactive ketones (excluding diaryl/α,β-unsaturated/α-hetero) is 1. The Morgan fingerprint density at radius 3 is 2.46 bits per heavy atom. The predicted octanol–water partition coefficient (Wildman–Crippen LogP) is 2.30. The van der Waals surface area contributed by atoms with Gasteiger partial charge < -0.3 is 19.9 Å². The van der Waals surface area contributed by atoms with Crippen LogP contribution >= 0.6 is 11.6 Å². The lowest BCUT2D eigenvalue weighted by atomic mass is 9.69. The number of sulfonamides is 1. The fraction of sp³-hybridized carbons (Fsp3) is 0.697. The molecule has 7 rings (SSSR count). The number of piperazine rings is 1. The van der Waals surface area contributed by atoms with Crippen molar-refractivity contribution in [3.63, 3.8) is 0 Å². The van der Waals surface area contributed by atoms with Crippen molar-refractivity contribution in [3.8, 4) is 0 Å². The number of ether oxygens (including phenoxy) is 1. The molecule has 8 atom stereocenters. The normalized spacial score (nSPS) is 35.8. The summed E-state index contributed by atoms with van der Waals surface area (Å²) in [6.45, 7) is 6.35. The van der Waals surface area contributed by atoms with Gasteiger partial charge in [-0.25, -0.2) is 12.8 Å². The van der Waals surface area contributed by atoms with E-state index in [0.29, 0.717) is 26.1 Å². The number of amides is 1. The van der Waals surface area contributed by atoms with Crippen molar-refractivity contribution in [3.05, 3.63) is 41.6 Å². The van der Waals surface area contributed by atoms with Gasteiger partial charge in [0, 0.05) is 56.8 Å². The van der Waals surface area contributed by atoms with Crippen LogP contribution in [0.1, 0.15) is 44.1 Å². The lowest BCUT2D eigenvalue weighted by molar-refractivity contribution is -0.212. The van der Waals surface area contributed by atoms with Gasteiger partial charge in [-0.1, -0.05) is 17.7 Å². The molecule has 10 nitrogen and oxygen atoms in total. The Hall–Kier alpha value is -2.09. The standard InChI is InChI=1S/C33H45ClFN5O5S/c1-21-4-7-23(8-5-21)46(43,44)39-16-14-38(15-17-39)30-26(35)19-24-29-32(30)45-28-18-22(34)6-9-27(28)40(29)20-25(31(24)41)33(42)36-10-13-37-11-2-3-12-37/h4-5,7-8,20,22,24,26-30,32H,2-3,6,9-19H2,1H3,(H,36,42). The number of ketones is 1. The van der Waals surface area contributed by atoms with Gasteiger partial charge in [0.2, 0.25) is 10.0 Å². The molecule has 252 valence electrons. The number of nitrogens with zero attached hydrogens (tertiary/aromatic N) is 4. The van der Waals surface area contributed by atoms with Crippen LogP contribution < -0.4 is 5.32 Å². The fourth-order valence-corrected chi connectivity index (χ4v) is 10.4. The van der Waals surface area contributed by atoms with Crippen LogP contribution in [0.5, 0.6) is 0 Å².